The van der Waals surface area contributed by atoms with E-state index in [1.165, 1.54) is 0 Å². The largest absolute Gasteiger partial charge is 0.347 e. The van der Waals surface area contributed by atoms with Gasteiger partial charge in [-0.15, -0.1) is 0 Å². The first-order valence-corrected chi connectivity index (χ1v) is 9.04. The lowest BCUT2D eigenvalue weighted by atomic mass is 9.96. The maximum Gasteiger partial charge on any atom is 0.224 e. The van der Waals surface area contributed by atoms with Crippen molar-refractivity contribution in [2.45, 2.75) is 33.2 Å². The first-order valence-electron chi connectivity index (χ1n) is 7.22. The van der Waals surface area contributed by atoms with Gasteiger partial charge in [0.25, 0.3) is 0 Å². The fourth-order valence-corrected chi connectivity index (χ4v) is 4.39. The summed E-state index contributed by atoms with van der Waals surface area (Å²) in [6.45, 7) is 6.00. The number of sulfone groups is 1. The second-order valence-electron chi connectivity index (χ2n) is 6.04. The van der Waals surface area contributed by atoms with Gasteiger partial charge in [-0.3, -0.25) is 9.78 Å². The third-order valence-electron chi connectivity index (χ3n) is 3.91. The number of rotatable bonds is 4. The summed E-state index contributed by atoms with van der Waals surface area (Å²) in [6, 6.07) is 3.63. The molecule has 0 bridgehead atoms. The van der Waals surface area contributed by atoms with Crippen molar-refractivity contribution in [1.82, 2.24) is 10.3 Å². The maximum atomic E-state index is 12.3. The minimum Gasteiger partial charge on any atom is -0.347 e. The number of nitrogens with zero attached hydrogens (tertiary/aromatic N) is 1. The molecule has 1 fully saturated rings. The van der Waals surface area contributed by atoms with Crippen LogP contribution in [0.15, 0.2) is 18.3 Å². The average Bonchev–Trinajstić information content (AvgIpc) is 2.77. The van der Waals surface area contributed by atoms with E-state index in [0.717, 1.165) is 11.3 Å². The van der Waals surface area contributed by atoms with Crippen molar-refractivity contribution in [3.8, 4) is 0 Å². The van der Waals surface area contributed by atoms with Crippen LogP contribution in [0, 0.1) is 18.8 Å². The molecular formula is C15H22N2O3S. The zero-order valence-electron chi connectivity index (χ0n) is 12.7. The Hall–Kier alpha value is -1.43. The number of carbonyl (C=O) groups excluding carboxylic acids is 1. The van der Waals surface area contributed by atoms with Crippen LogP contribution in [0.3, 0.4) is 0 Å². The molecule has 0 spiro atoms. The van der Waals surface area contributed by atoms with Crippen molar-refractivity contribution in [2.75, 3.05) is 11.5 Å². The first-order chi connectivity index (χ1) is 9.80. The van der Waals surface area contributed by atoms with Crippen molar-refractivity contribution >= 4 is 15.7 Å². The van der Waals surface area contributed by atoms with Crippen molar-refractivity contribution in [3.63, 3.8) is 0 Å². The Labute approximate surface area is 126 Å². The van der Waals surface area contributed by atoms with Gasteiger partial charge in [0.15, 0.2) is 9.84 Å². The quantitative estimate of drug-likeness (QED) is 0.917. The molecule has 2 rings (SSSR count). The standard InChI is InChI=1S/C15H22N2O3S/c1-10(2)13(14-11(3)5-4-7-16-14)17-15(18)12-6-8-21(19,20)9-12/h4-5,7,10,12-13H,6,8-9H2,1-3H3,(H,17,18). The van der Waals surface area contributed by atoms with Crippen molar-refractivity contribution in [2.24, 2.45) is 11.8 Å². The Morgan fingerprint density at radius 2 is 2.14 bits per heavy atom. The van der Waals surface area contributed by atoms with Crippen LogP contribution in [-0.2, 0) is 14.6 Å². The number of hydrogen-bond acceptors (Lipinski definition) is 4. The van der Waals surface area contributed by atoms with Gasteiger partial charge in [-0.05, 0) is 30.9 Å². The molecule has 116 valence electrons. The molecule has 1 amide bonds. The van der Waals surface area contributed by atoms with Gasteiger partial charge in [0, 0.05) is 6.20 Å². The number of aryl methyl sites for hydroxylation is 1. The highest BCUT2D eigenvalue weighted by atomic mass is 32.2. The smallest absolute Gasteiger partial charge is 0.224 e. The Morgan fingerprint density at radius 1 is 1.43 bits per heavy atom. The molecule has 1 aromatic rings. The normalized spacial score (nSPS) is 22.2. The van der Waals surface area contributed by atoms with E-state index in [1.54, 1.807) is 6.20 Å². The SMILES string of the molecule is Cc1cccnc1C(NC(=O)C1CCS(=O)(=O)C1)C(C)C. The van der Waals surface area contributed by atoms with Gasteiger partial charge in [0.05, 0.1) is 29.2 Å². The van der Waals surface area contributed by atoms with Crippen LogP contribution in [0.2, 0.25) is 0 Å². The van der Waals surface area contributed by atoms with Crippen LogP contribution < -0.4 is 5.32 Å². The lowest BCUT2D eigenvalue weighted by Gasteiger charge is -2.24. The van der Waals surface area contributed by atoms with Crippen molar-refractivity contribution in [1.29, 1.82) is 0 Å². The monoisotopic (exact) mass is 310 g/mol. The molecule has 1 saturated heterocycles. The highest BCUT2D eigenvalue weighted by Gasteiger charge is 2.34. The van der Waals surface area contributed by atoms with Crippen LogP contribution in [-0.4, -0.2) is 30.8 Å². The fourth-order valence-electron chi connectivity index (χ4n) is 2.65. The summed E-state index contributed by atoms with van der Waals surface area (Å²) in [5.74, 6) is -0.356. The van der Waals surface area contributed by atoms with Crippen molar-refractivity contribution in [3.05, 3.63) is 29.6 Å². The van der Waals surface area contributed by atoms with E-state index in [1.807, 2.05) is 32.9 Å². The molecule has 5 nitrogen and oxygen atoms in total. The van der Waals surface area contributed by atoms with E-state index in [-0.39, 0.29) is 29.4 Å². The van der Waals surface area contributed by atoms with E-state index >= 15 is 0 Å². The molecular weight excluding hydrogens is 288 g/mol. The highest BCUT2D eigenvalue weighted by molar-refractivity contribution is 7.91. The van der Waals surface area contributed by atoms with Gasteiger partial charge in [-0.1, -0.05) is 19.9 Å². The molecule has 21 heavy (non-hydrogen) atoms. The summed E-state index contributed by atoms with van der Waals surface area (Å²) in [5.41, 5.74) is 1.87. The van der Waals surface area contributed by atoms with Crippen LogP contribution in [0.1, 0.15) is 37.6 Å². The molecule has 0 aliphatic carbocycles. The van der Waals surface area contributed by atoms with Gasteiger partial charge < -0.3 is 5.32 Å². The topological polar surface area (TPSA) is 76.1 Å². The summed E-state index contributed by atoms with van der Waals surface area (Å²) in [5, 5.41) is 2.99. The van der Waals surface area contributed by atoms with E-state index in [9.17, 15) is 13.2 Å². The van der Waals surface area contributed by atoms with E-state index in [2.05, 4.69) is 10.3 Å². The first kappa shape index (κ1) is 15.9. The molecule has 0 saturated carbocycles. The number of aromatic nitrogens is 1. The lowest BCUT2D eigenvalue weighted by molar-refractivity contribution is -0.125. The Balaban J connectivity index is 2.14. The maximum absolute atomic E-state index is 12.3. The van der Waals surface area contributed by atoms with Crippen LogP contribution >= 0.6 is 0 Å². The minimum atomic E-state index is -3.05. The van der Waals surface area contributed by atoms with Crippen LogP contribution in [0.4, 0.5) is 0 Å². The third-order valence-corrected chi connectivity index (χ3v) is 5.68. The molecule has 0 radical (unpaired) electrons. The number of pyridine rings is 1. The molecule has 2 unspecified atom stereocenters. The Morgan fingerprint density at radius 3 is 2.67 bits per heavy atom. The Kier molecular flexibility index (Phi) is 4.66. The van der Waals surface area contributed by atoms with Gasteiger partial charge in [-0.25, -0.2) is 8.42 Å². The summed E-state index contributed by atoms with van der Waals surface area (Å²) >= 11 is 0. The minimum absolute atomic E-state index is 0.0369. The van der Waals surface area contributed by atoms with Crippen LogP contribution in [0.25, 0.3) is 0 Å². The van der Waals surface area contributed by atoms with E-state index in [0.29, 0.717) is 6.42 Å². The summed E-state index contributed by atoms with van der Waals surface area (Å²) in [4.78, 5) is 16.7. The third kappa shape index (κ3) is 3.81. The summed E-state index contributed by atoms with van der Waals surface area (Å²) in [7, 11) is -3.05. The number of amides is 1. The zero-order valence-corrected chi connectivity index (χ0v) is 13.5. The second-order valence-corrected chi connectivity index (χ2v) is 8.26. The molecule has 2 atom stereocenters. The molecule has 2 heterocycles. The molecule has 0 aromatic carbocycles. The number of hydrogen-bond donors (Lipinski definition) is 1. The predicted octanol–water partition coefficient (Wildman–Crippen LogP) is 1.64. The lowest BCUT2D eigenvalue weighted by Crippen LogP contribution is -2.37. The second kappa shape index (κ2) is 6.13. The van der Waals surface area contributed by atoms with Gasteiger partial charge in [0.2, 0.25) is 5.91 Å². The van der Waals surface area contributed by atoms with Gasteiger partial charge in [0.1, 0.15) is 0 Å². The fraction of sp³-hybridized carbons (Fsp3) is 0.600. The van der Waals surface area contributed by atoms with Crippen LogP contribution in [0.5, 0.6) is 0 Å². The molecule has 1 aromatic heterocycles. The predicted molar refractivity (Wildman–Crippen MR) is 81.5 cm³/mol. The Bertz CT molecular complexity index is 626. The van der Waals surface area contributed by atoms with E-state index in [4.69, 9.17) is 0 Å². The van der Waals surface area contributed by atoms with Crippen molar-refractivity contribution < 1.29 is 13.2 Å². The highest BCUT2D eigenvalue weighted by Crippen LogP contribution is 2.25. The molecule has 1 N–H and O–H groups in total. The molecule has 1 aliphatic rings. The molecule has 1 aliphatic heterocycles. The van der Waals surface area contributed by atoms with Gasteiger partial charge in [-0.2, -0.15) is 0 Å². The molecule has 6 heteroatoms. The van der Waals surface area contributed by atoms with E-state index < -0.39 is 15.8 Å². The zero-order chi connectivity index (χ0) is 15.6. The average molecular weight is 310 g/mol. The summed E-state index contributed by atoms with van der Waals surface area (Å²) in [6.07, 6.45) is 2.13. The van der Waals surface area contributed by atoms with Gasteiger partial charge >= 0.3 is 0 Å². The number of carbonyl (C=O) groups is 1. The number of nitrogens with one attached hydrogen (secondary N) is 1. The summed E-state index contributed by atoms with van der Waals surface area (Å²) < 4.78 is 23.0.